The minimum atomic E-state index is -0.604. The molecule has 0 radical (unpaired) electrons. The molecule has 0 unspecified atom stereocenters. The number of ether oxygens (including phenoxy) is 2. The lowest BCUT2D eigenvalue weighted by Crippen LogP contribution is -2.32. The number of H-pyrrole nitrogens is 1. The maximum atomic E-state index is 12.7. The summed E-state index contributed by atoms with van der Waals surface area (Å²) in [5.74, 6) is 1.20. The number of fused-ring (bicyclic) bond motifs is 1. The normalized spacial score (nSPS) is 11.2. The Morgan fingerprint density at radius 1 is 1.06 bits per heavy atom. The quantitative estimate of drug-likeness (QED) is 0.270. The summed E-state index contributed by atoms with van der Waals surface area (Å²) in [6.07, 6.45) is 1.46. The number of rotatable bonds is 7. The molecule has 0 saturated carbocycles. The van der Waals surface area contributed by atoms with Gasteiger partial charge in [0.2, 0.25) is 0 Å². The molecule has 0 aliphatic heterocycles. The molecule has 8 heteroatoms. The van der Waals surface area contributed by atoms with Crippen molar-refractivity contribution in [3.05, 3.63) is 102 Å². The monoisotopic (exact) mass is 555 g/mol. The first-order chi connectivity index (χ1) is 16.0. The number of aromatic amines is 1. The van der Waals surface area contributed by atoms with Crippen LogP contribution in [0, 0.1) is 10.5 Å². The lowest BCUT2D eigenvalue weighted by atomic mass is 10.1. The molecule has 4 rings (SSSR count). The molecule has 33 heavy (non-hydrogen) atoms. The molecule has 0 fully saturated rings. The summed E-state index contributed by atoms with van der Waals surface area (Å²) in [7, 11) is 0. The SMILES string of the molecule is CCOc1cc(C=Nn2c(=O)[nH]c3ccccc3c2=O)cc(I)c1OCc1cccc(C)c1. The zero-order chi connectivity index (χ0) is 23.4. The van der Waals surface area contributed by atoms with E-state index < -0.39 is 11.2 Å². The van der Waals surface area contributed by atoms with E-state index in [0.29, 0.717) is 41.2 Å². The highest BCUT2D eigenvalue weighted by atomic mass is 127. The Morgan fingerprint density at radius 2 is 1.88 bits per heavy atom. The number of nitrogens with one attached hydrogen (secondary N) is 1. The van der Waals surface area contributed by atoms with Crippen molar-refractivity contribution in [1.29, 1.82) is 0 Å². The van der Waals surface area contributed by atoms with Gasteiger partial charge in [-0.05, 0) is 71.8 Å². The number of para-hydroxylation sites is 1. The Balaban J connectivity index is 1.65. The van der Waals surface area contributed by atoms with Crippen molar-refractivity contribution in [2.24, 2.45) is 5.10 Å². The molecule has 0 aliphatic rings. The van der Waals surface area contributed by atoms with Gasteiger partial charge in [0.15, 0.2) is 11.5 Å². The van der Waals surface area contributed by atoms with E-state index in [1.807, 2.05) is 38.1 Å². The lowest BCUT2D eigenvalue weighted by Gasteiger charge is -2.15. The number of hydrogen-bond acceptors (Lipinski definition) is 5. The van der Waals surface area contributed by atoms with Crippen molar-refractivity contribution in [2.75, 3.05) is 6.61 Å². The first kappa shape index (κ1) is 22.8. The van der Waals surface area contributed by atoms with Crippen LogP contribution in [0.3, 0.4) is 0 Å². The lowest BCUT2D eigenvalue weighted by molar-refractivity contribution is 0.267. The summed E-state index contributed by atoms with van der Waals surface area (Å²) in [6, 6.07) is 18.6. The van der Waals surface area contributed by atoms with Gasteiger partial charge >= 0.3 is 5.69 Å². The van der Waals surface area contributed by atoms with Crippen LogP contribution in [0.2, 0.25) is 0 Å². The second-order valence-electron chi connectivity index (χ2n) is 7.38. The third-order valence-electron chi connectivity index (χ3n) is 4.90. The molecular formula is C25H22IN3O4. The number of aryl methyl sites for hydroxylation is 1. The van der Waals surface area contributed by atoms with E-state index >= 15 is 0 Å². The van der Waals surface area contributed by atoms with Gasteiger partial charge in [0.25, 0.3) is 5.56 Å². The molecule has 0 bridgehead atoms. The van der Waals surface area contributed by atoms with Gasteiger partial charge in [-0.15, -0.1) is 4.68 Å². The largest absolute Gasteiger partial charge is 0.490 e. The zero-order valence-electron chi connectivity index (χ0n) is 18.2. The van der Waals surface area contributed by atoms with Gasteiger partial charge in [-0.3, -0.25) is 4.79 Å². The number of nitrogens with zero attached hydrogens (tertiary/aromatic N) is 2. The van der Waals surface area contributed by atoms with E-state index in [-0.39, 0.29) is 0 Å². The zero-order valence-corrected chi connectivity index (χ0v) is 20.3. The smallest absolute Gasteiger partial charge is 0.349 e. The van der Waals surface area contributed by atoms with Crippen LogP contribution in [-0.4, -0.2) is 22.5 Å². The van der Waals surface area contributed by atoms with Gasteiger partial charge in [-0.25, -0.2) is 4.79 Å². The first-order valence-electron chi connectivity index (χ1n) is 10.4. The predicted octanol–water partition coefficient (Wildman–Crippen LogP) is 4.46. The van der Waals surface area contributed by atoms with Gasteiger partial charge in [0.05, 0.1) is 27.3 Å². The van der Waals surface area contributed by atoms with E-state index in [4.69, 9.17) is 9.47 Å². The second-order valence-corrected chi connectivity index (χ2v) is 8.54. The molecule has 1 N–H and O–H groups in total. The Hall–Kier alpha value is -3.40. The summed E-state index contributed by atoms with van der Waals surface area (Å²) >= 11 is 2.18. The van der Waals surface area contributed by atoms with Crippen LogP contribution in [0.15, 0.2) is 75.4 Å². The number of benzene rings is 3. The maximum absolute atomic E-state index is 12.7. The Labute approximate surface area is 203 Å². The minimum Gasteiger partial charge on any atom is -0.490 e. The summed E-state index contributed by atoms with van der Waals surface area (Å²) in [4.78, 5) is 27.7. The fraction of sp³-hybridized carbons (Fsp3) is 0.160. The highest BCUT2D eigenvalue weighted by molar-refractivity contribution is 14.1. The molecule has 3 aromatic carbocycles. The molecule has 0 aliphatic carbocycles. The summed E-state index contributed by atoms with van der Waals surface area (Å²) in [6.45, 7) is 4.80. The van der Waals surface area contributed by atoms with E-state index in [9.17, 15) is 9.59 Å². The molecule has 0 amide bonds. The second kappa shape index (κ2) is 10.0. The standard InChI is InChI=1S/C25H22IN3O4/c1-3-32-22-13-18(12-20(26)23(22)33-15-17-8-6-7-16(2)11-17)14-27-29-24(30)19-9-4-5-10-21(19)28-25(29)31/h4-14H,3,15H2,1-2H3,(H,28,31). The fourth-order valence-corrected chi connectivity index (χ4v) is 4.19. The molecule has 7 nitrogen and oxygen atoms in total. The van der Waals surface area contributed by atoms with Gasteiger partial charge in [0, 0.05) is 0 Å². The van der Waals surface area contributed by atoms with Crippen molar-refractivity contribution >= 4 is 39.7 Å². The van der Waals surface area contributed by atoms with Crippen LogP contribution < -0.4 is 20.7 Å². The molecule has 1 heterocycles. The Kier molecular flexibility index (Phi) is 6.93. The first-order valence-corrected chi connectivity index (χ1v) is 11.5. The van der Waals surface area contributed by atoms with Crippen LogP contribution in [0.5, 0.6) is 11.5 Å². The highest BCUT2D eigenvalue weighted by Crippen LogP contribution is 2.34. The highest BCUT2D eigenvalue weighted by Gasteiger charge is 2.13. The van der Waals surface area contributed by atoms with Gasteiger partial charge < -0.3 is 14.5 Å². The van der Waals surface area contributed by atoms with Crippen molar-refractivity contribution in [2.45, 2.75) is 20.5 Å². The van der Waals surface area contributed by atoms with E-state index in [0.717, 1.165) is 13.8 Å². The third kappa shape index (κ3) is 5.16. The molecule has 1 aromatic heterocycles. The number of aromatic nitrogens is 2. The van der Waals surface area contributed by atoms with Crippen molar-refractivity contribution in [3.8, 4) is 11.5 Å². The molecular weight excluding hydrogens is 533 g/mol. The predicted molar refractivity (Wildman–Crippen MR) is 138 cm³/mol. The van der Waals surface area contributed by atoms with Gasteiger partial charge in [-0.2, -0.15) is 5.10 Å². The molecule has 0 atom stereocenters. The maximum Gasteiger partial charge on any atom is 0.349 e. The fourth-order valence-electron chi connectivity index (χ4n) is 3.41. The van der Waals surface area contributed by atoms with Crippen molar-refractivity contribution in [1.82, 2.24) is 9.66 Å². The van der Waals surface area contributed by atoms with E-state index in [1.54, 1.807) is 30.3 Å². The molecule has 168 valence electrons. The summed E-state index contributed by atoms with van der Waals surface area (Å²) < 4.78 is 13.5. The van der Waals surface area contributed by atoms with Crippen LogP contribution in [0.1, 0.15) is 23.6 Å². The number of halogens is 1. The molecule has 0 saturated heterocycles. The average molecular weight is 555 g/mol. The molecule has 0 spiro atoms. The van der Waals surface area contributed by atoms with Crippen LogP contribution in [0.4, 0.5) is 0 Å². The molecule has 4 aromatic rings. The van der Waals surface area contributed by atoms with Crippen LogP contribution >= 0.6 is 22.6 Å². The summed E-state index contributed by atoms with van der Waals surface area (Å²) in [5.41, 5.74) is 2.29. The third-order valence-corrected chi connectivity index (χ3v) is 5.70. The van der Waals surface area contributed by atoms with E-state index in [1.165, 1.54) is 11.8 Å². The van der Waals surface area contributed by atoms with Crippen LogP contribution in [-0.2, 0) is 6.61 Å². The average Bonchev–Trinajstić information content (AvgIpc) is 2.78. The van der Waals surface area contributed by atoms with E-state index in [2.05, 4.69) is 38.7 Å². The van der Waals surface area contributed by atoms with Gasteiger partial charge in [0.1, 0.15) is 6.61 Å². The number of hydrogen-bond donors (Lipinski definition) is 1. The minimum absolute atomic E-state index is 0.388. The van der Waals surface area contributed by atoms with Crippen molar-refractivity contribution < 1.29 is 9.47 Å². The van der Waals surface area contributed by atoms with Crippen molar-refractivity contribution in [3.63, 3.8) is 0 Å². The van der Waals surface area contributed by atoms with Gasteiger partial charge in [-0.1, -0.05) is 42.0 Å². The summed E-state index contributed by atoms with van der Waals surface area (Å²) in [5, 5.41) is 4.52. The topological polar surface area (TPSA) is 85.7 Å². The van der Waals surface area contributed by atoms with Crippen LogP contribution in [0.25, 0.3) is 10.9 Å². The Bertz CT molecular complexity index is 1460. The Morgan fingerprint density at radius 3 is 2.67 bits per heavy atom.